The van der Waals surface area contributed by atoms with E-state index in [1.165, 1.54) is 6.07 Å². The minimum Gasteiger partial charge on any atom is -0.387 e. The second kappa shape index (κ2) is 5.30. The number of alkyl halides is 4. The van der Waals surface area contributed by atoms with Gasteiger partial charge in [-0.1, -0.05) is 15.9 Å². The van der Waals surface area contributed by atoms with Crippen molar-refractivity contribution in [2.24, 2.45) is 0 Å². The molecule has 0 amide bonds. The molecule has 1 aromatic heterocycles. The molecule has 0 saturated carbocycles. The number of nitrogens with zero attached hydrogens (tertiary/aromatic N) is 1. The summed E-state index contributed by atoms with van der Waals surface area (Å²) in [6.45, 7) is 0. The lowest BCUT2D eigenvalue weighted by Crippen LogP contribution is -2.19. The zero-order chi connectivity index (χ0) is 12.3. The largest absolute Gasteiger partial charge is 0.574 e. The van der Waals surface area contributed by atoms with E-state index in [1.807, 2.05) is 22.6 Å². The number of halogens is 5. The second-order valence-electron chi connectivity index (χ2n) is 2.61. The summed E-state index contributed by atoms with van der Waals surface area (Å²) in [5.74, 6) is -0.725. The number of rotatable bonds is 3. The van der Waals surface area contributed by atoms with Gasteiger partial charge in [0.15, 0.2) is 6.29 Å². The molecule has 1 rings (SSSR count). The third kappa shape index (κ3) is 3.58. The van der Waals surface area contributed by atoms with Gasteiger partial charge >= 0.3 is 6.36 Å². The Morgan fingerprint density at radius 1 is 1.56 bits per heavy atom. The molecule has 0 aliphatic rings. The van der Waals surface area contributed by atoms with Crippen LogP contribution in [0.5, 0.6) is 5.88 Å². The van der Waals surface area contributed by atoms with E-state index in [-0.39, 0.29) is 17.2 Å². The van der Waals surface area contributed by atoms with Crippen molar-refractivity contribution in [2.75, 3.05) is 0 Å². The lowest BCUT2D eigenvalue weighted by atomic mass is 10.2. The highest BCUT2D eigenvalue weighted by Gasteiger charge is 2.33. The summed E-state index contributed by atoms with van der Waals surface area (Å²) in [5.41, 5.74) is 0.150. The topological polar surface area (TPSA) is 39.2 Å². The fraction of sp³-hybridized carbons (Fsp3) is 0.250. The van der Waals surface area contributed by atoms with Crippen molar-refractivity contribution in [3.8, 4) is 5.88 Å². The quantitative estimate of drug-likeness (QED) is 0.437. The third-order valence-corrected chi connectivity index (χ3v) is 2.97. The Hall–Kier alpha value is -0.380. The zero-order valence-corrected chi connectivity index (χ0v) is 11.3. The number of carbonyl (C=O) groups excluding carboxylic acids is 1. The molecule has 1 aromatic rings. The van der Waals surface area contributed by atoms with Crippen LogP contribution in [0.25, 0.3) is 0 Å². The molecule has 0 fully saturated rings. The van der Waals surface area contributed by atoms with Crippen molar-refractivity contribution in [1.82, 2.24) is 4.98 Å². The first-order valence-corrected chi connectivity index (χ1v) is 6.03. The van der Waals surface area contributed by atoms with Gasteiger partial charge in [0.05, 0.1) is 11.3 Å². The smallest absolute Gasteiger partial charge is 0.387 e. The lowest BCUT2D eigenvalue weighted by Gasteiger charge is -2.11. The zero-order valence-electron chi connectivity index (χ0n) is 7.52. The lowest BCUT2D eigenvalue weighted by molar-refractivity contribution is -0.276. The van der Waals surface area contributed by atoms with Gasteiger partial charge in [0.2, 0.25) is 5.88 Å². The van der Waals surface area contributed by atoms with Gasteiger partial charge in [0, 0.05) is 8.90 Å². The van der Waals surface area contributed by atoms with Crippen molar-refractivity contribution >= 4 is 44.8 Å². The number of pyridine rings is 1. The Morgan fingerprint density at radius 3 is 2.62 bits per heavy atom. The third-order valence-electron chi connectivity index (χ3n) is 1.51. The molecule has 0 bridgehead atoms. The van der Waals surface area contributed by atoms with Crippen molar-refractivity contribution < 1.29 is 22.7 Å². The van der Waals surface area contributed by atoms with Gasteiger partial charge in [-0.25, -0.2) is 4.98 Å². The van der Waals surface area contributed by atoms with Gasteiger partial charge in [0.25, 0.3) is 0 Å². The highest BCUT2D eigenvalue weighted by atomic mass is 127. The Bertz CT molecular complexity index is 411. The predicted molar refractivity (Wildman–Crippen MR) is 61.7 cm³/mol. The first kappa shape index (κ1) is 13.7. The van der Waals surface area contributed by atoms with E-state index in [0.717, 1.165) is 0 Å². The van der Waals surface area contributed by atoms with Crippen LogP contribution >= 0.6 is 38.5 Å². The second-order valence-corrected chi connectivity index (χ2v) is 4.33. The standard InChI is InChI=1S/C8H4BrF3INO2/c9-2-6-5(13)1-4(3-15)7(14-6)16-8(10,11)12/h1,3H,2H2. The van der Waals surface area contributed by atoms with Crippen molar-refractivity contribution in [3.63, 3.8) is 0 Å². The number of carbonyl (C=O) groups is 1. The van der Waals surface area contributed by atoms with Crippen LogP contribution in [0.15, 0.2) is 6.07 Å². The van der Waals surface area contributed by atoms with Gasteiger partial charge in [0.1, 0.15) is 0 Å². The Morgan fingerprint density at radius 2 is 2.19 bits per heavy atom. The molecule has 0 atom stereocenters. The van der Waals surface area contributed by atoms with Crippen LogP contribution in [0.4, 0.5) is 13.2 Å². The van der Waals surface area contributed by atoms with E-state index >= 15 is 0 Å². The molecular formula is C8H4BrF3INO2. The van der Waals surface area contributed by atoms with Crippen LogP contribution in [0.1, 0.15) is 16.1 Å². The van der Waals surface area contributed by atoms with Crippen LogP contribution in [-0.4, -0.2) is 17.6 Å². The minimum absolute atomic E-state index is 0.230. The molecule has 88 valence electrons. The van der Waals surface area contributed by atoms with E-state index in [0.29, 0.717) is 9.26 Å². The minimum atomic E-state index is -4.86. The SMILES string of the molecule is O=Cc1cc(I)c(CBr)nc1OC(F)(F)F. The molecule has 1 heterocycles. The molecule has 0 N–H and O–H groups in total. The molecule has 0 saturated heterocycles. The number of aldehydes is 1. The summed E-state index contributed by atoms with van der Waals surface area (Å²) in [5, 5.41) is 0.276. The molecule has 0 aliphatic carbocycles. The molecule has 16 heavy (non-hydrogen) atoms. The van der Waals surface area contributed by atoms with Crippen molar-refractivity contribution in [3.05, 3.63) is 20.9 Å². The van der Waals surface area contributed by atoms with Gasteiger partial charge in [-0.2, -0.15) is 0 Å². The first-order chi connectivity index (χ1) is 7.37. The van der Waals surface area contributed by atoms with Crippen LogP contribution in [0.3, 0.4) is 0 Å². The summed E-state index contributed by atoms with van der Waals surface area (Å²) in [6, 6.07) is 1.29. The molecule has 0 aliphatic heterocycles. The van der Waals surface area contributed by atoms with Crippen molar-refractivity contribution in [1.29, 1.82) is 0 Å². The van der Waals surface area contributed by atoms with Crippen LogP contribution in [0, 0.1) is 3.57 Å². The Labute approximate surface area is 111 Å². The van der Waals surface area contributed by atoms with E-state index in [1.54, 1.807) is 0 Å². The van der Waals surface area contributed by atoms with E-state index < -0.39 is 12.2 Å². The van der Waals surface area contributed by atoms with Crippen molar-refractivity contribution in [2.45, 2.75) is 11.7 Å². The van der Waals surface area contributed by atoms with Gasteiger partial charge < -0.3 is 4.74 Å². The fourth-order valence-electron chi connectivity index (χ4n) is 0.892. The molecule has 3 nitrogen and oxygen atoms in total. The van der Waals surface area contributed by atoms with E-state index in [9.17, 15) is 18.0 Å². The maximum absolute atomic E-state index is 12.0. The monoisotopic (exact) mass is 409 g/mol. The van der Waals surface area contributed by atoms with Gasteiger partial charge in [-0.3, -0.25) is 4.79 Å². The molecule has 0 spiro atoms. The van der Waals surface area contributed by atoms with Crippen LogP contribution in [-0.2, 0) is 5.33 Å². The summed E-state index contributed by atoms with van der Waals surface area (Å²) in [6.07, 6.45) is -4.59. The van der Waals surface area contributed by atoms with Gasteiger partial charge in [-0.05, 0) is 28.7 Å². The number of aromatic nitrogens is 1. The summed E-state index contributed by atoms with van der Waals surface area (Å²) >= 11 is 4.95. The first-order valence-electron chi connectivity index (χ1n) is 3.83. The van der Waals surface area contributed by atoms with E-state index in [2.05, 4.69) is 25.7 Å². The molecule has 0 unspecified atom stereocenters. The number of hydrogen-bond acceptors (Lipinski definition) is 3. The summed E-state index contributed by atoms with van der Waals surface area (Å²) in [4.78, 5) is 14.2. The molecule has 0 aromatic carbocycles. The highest BCUT2D eigenvalue weighted by Crippen LogP contribution is 2.26. The van der Waals surface area contributed by atoms with E-state index in [4.69, 9.17) is 0 Å². The molecule has 8 heteroatoms. The summed E-state index contributed by atoms with van der Waals surface area (Å²) < 4.78 is 40.3. The average Bonchev–Trinajstić information content (AvgIpc) is 2.18. The fourth-order valence-corrected chi connectivity index (χ4v) is 2.49. The maximum atomic E-state index is 12.0. The van der Waals surface area contributed by atoms with Crippen LogP contribution < -0.4 is 4.74 Å². The number of ether oxygens (including phenoxy) is 1. The number of hydrogen-bond donors (Lipinski definition) is 0. The highest BCUT2D eigenvalue weighted by molar-refractivity contribution is 14.1. The molecule has 0 radical (unpaired) electrons. The molecular weight excluding hydrogens is 406 g/mol. The van der Waals surface area contributed by atoms with Gasteiger partial charge in [-0.15, -0.1) is 13.2 Å². The maximum Gasteiger partial charge on any atom is 0.574 e. The Kier molecular flexibility index (Phi) is 4.53. The van der Waals surface area contributed by atoms with Crippen LogP contribution in [0.2, 0.25) is 0 Å². The Balaban J connectivity index is 3.20. The average molecular weight is 410 g/mol. The normalized spacial score (nSPS) is 11.3. The summed E-state index contributed by atoms with van der Waals surface area (Å²) in [7, 11) is 0. The predicted octanol–water partition coefficient (Wildman–Crippen LogP) is 3.29.